The van der Waals surface area contributed by atoms with Crippen LogP contribution in [0.2, 0.25) is 0 Å². The molecule has 2 heterocycles. The Morgan fingerprint density at radius 2 is 2.50 bits per heavy atom. The van der Waals surface area contributed by atoms with E-state index in [1.807, 2.05) is 4.90 Å². The lowest BCUT2D eigenvalue weighted by Crippen LogP contribution is -2.47. The molecule has 2 aliphatic rings. The van der Waals surface area contributed by atoms with E-state index in [1.54, 1.807) is 11.8 Å². The Bertz CT molecular complexity index is 219. The number of hydrogen-bond acceptors (Lipinski definition) is 4. The molecule has 2 N–H and O–H groups in total. The van der Waals surface area contributed by atoms with Gasteiger partial charge in [0.1, 0.15) is 0 Å². The predicted octanol–water partition coefficient (Wildman–Crippen LogP) is -0.368. The first-order valence-electron chi connectivity index (χ1n) is 5.05. The van der Waals surface area contributed by atoms with Crippen LogP contribution in [0.25, 0.3) is 0 Å². The van der Waals surface area contributed by atoms with E-state index in [1.165, 1.54) is 0 Å². The van der Waals surface area contributed by atoms with E-state index in [-0.39, 0.29) is 24.6 Å². The molecule has 80 valence electrons. The summed E-state index contributed by atoms with van der Waals surface area (Å²) in [7, 11) is 0. The van der Waals surface area contributed by atoms with Crippen molar-refractivity contribution in [3.63, 3.8) is 0 Å². The van der Waals surface area contributed by atoms with Crippen molar-refractivity contribution in [3.8, 4) is 0 Å². The normalized spacial score (nSPS) is 32.5. The average molecular weight is 216 g/mol. The molecular formula is C9H16N2O2S. The van der Waals surface area contributed by atoms with Gasteiger partial charge in [-0.05, 0) is 12.8 Å². The minimum Gasteiger partial charge on any atom is -0.394 e. The molecule has 0 aliphatic carbocycles. The van der Waals surface area contributed by atoms with E-state index in [0.717, 1.165) is 31.0 Å². The Kier molecular flexibility index (Phi) is 3.30. The Morgan fingerprint density at radius 1 is 1.64 bits per heavy atom. The quantitative estimate of drug-likeness (QED) is 0.661. The molecule has 2 fully saturated rings. The smallest absolute Gasteiger partial charge is 0.240 e. The summed E-state index contributed by atoms with van der Waals surface area (Å²) in [6.07, 6.45) is 1.97. The summed E-state index contributed by atoms with van der Waals surface area (Å²) in [5, 5.41) is 12.3. The molecule has 0 radical (unpaired) electrons. The lowest BCUT2D eigenvalue weighted by molar-refractivity contribution is -0.134. The van der Waals surface area contributed by atoms with Crippen LogP contribution in [-0.4, -0.2) is 52.8 Å². The summed E-state index contributed by atoms with van der Waals surface area (Å²) < 4.78 is 0. The summed E-state index contributed by atoms with van der Waals surface area (Å²) in [6, 6.07) is 0.0436. The van der Waals surface area contributed by atoms with Gasteiger partial charge in [-0.2, -0.15) is 0 Å². The van der Waals surface area contributed by atoms with Crippen molar-refractivity contribution in [2.45, 2.75) is 24.9 Å². The molecule has 0 spiro atoms. The standard InChI is InChI=1S/C9H16N2O2S/c12-4-7-2-1-3-11(7)9(13)8-5-14-6-10-8/h7-8,10,12H,1-6H2/t7-,8?/m1/s1. The third kappa shape index (κ3) is 1.89. The van der Waals surface area contributed by atoms with Gasteiger partial charge in [0.2, 0.25) is 5.91 Å². The molecule has 5 heteroatoms. The van der Waals surface area contributed by atoms with E-state index >= 15 is 0 Å². The second kappa shape index (κ2) is 4.51. The highest BCUT2D eigenvalue weighted by Crippen LogP contribution is 2.20. The monoisotopic (exact) mass is 216 g/mol. The van der Waals surface area contributed by atoms with Crippen molar-refractivity contribution in [2.75, 3.05) is 24.8 Å². The van der Waals surface area contributed by atoms with Crippen molar-refractivity contribution in [3.05, 3.63) is 0 Å². The van der Waals surface area contributed by atoms with Crippen molar-refractivity contribution in [1.29, 1.82) is 0 Å². The number of thioether (sulfide) groups is 1. The maximum Gasteiger partial charge on any atom is 0.240 e. The molecule has 2 rings (SSSR count). The molecule has 0 saturated carbocycles. The number of hydrogen-bond donors (Lipinski definition) is 2. The van der Waals surface area contributed by atoms with Gasteiger partial charge in [-0.3, -0.25) is 10.1 Å². The average Bonchev–Trinajstić information content (AvgIpc) is 2.87. The van der Waals surface area contributed by atoms with Gasteiger partial charge in [0.15, 0.2) is 0 Å². The molecule has 0 aromatic rings. The van der Waals surface area contributed by atoms with E-state index < -0.39 is 0 Å². The van der Waals surface area contributed by atoms with Crippen LogP contribution in [0.4, 0.5) is 0 Å². The second-order valence-electron chi connectivity index (χ2n) is 3.78. The SMILES string of the molecule is O=C(C1CSCN1)N1CCC[C@@H]1CO. The van der Waals surface area contributed by atoms with Gasteiger partial charge in [-0.1, -0.05) is 0 Å². The van der Waals surface area contributed by atoms with Gasteiger partial charge in [0.05, 0.1) is 18.7 Å². The van der Waals surface area contributed by atoms with Crippen LogP contribution >= 0.6 is 11.8 Å². The third-order valence-electron chi connectivity index (χ3n) is 2.89. The Balaban J connectivity index is 1.95. The fourth-order valence-electron chi connectivity index (χ4n) is 2.07. The summed E-state index contributed by atoms with van der Waals surface area (Å²) in [5.74, 6) is 1.91. The number of carbonyl (C=O) groups is 1. The van der Waals surface area contributed by atoms with E-state index in [4.69, 9.17) is 5.11 Å². The molecule has 2 aliphatic heterocycles. The minimum atomic E-state index is -0.0212. The van der Waals surface area contributed by atoms with Crippen LogP contribution in [0.5, 0.6) is 0 Å². The fourth-order valence-corrected chi connectivity index (χ4v) is 3.00. The molecule has 0 bridgehead atoms. The molecule has 2 saturated heterocycles. The predicted molar refractivity (Wildman–Crippen MR) is 56.1 cm³/mol. The molecular weight excluding hydrogens is 200 g/mol. The molecule has 2 atom stereocenters. The van der Waals surface area contributed by atoms with Crippen molar-refractivity contribution >= 4 is 17.7 Å². The van der Waals surface area contributed by atoms with Crippen LogP contribution in [0.3, 0.4) is 0 Å². The van der Waals surface area contributed by atoms with Crippen molar-refractivity contribution in [1.82, 2.24) is 10.2 Å². The second-order valence-corrected chi connectivity index (χ2v) is 4.81. The summed E-state index contributed by atoms with van der Waals surface area (Å²) >= 11 is 1.76. The van der Waals surface area contributed by atoms with E-state index in [9.17, 15) is 4.79 Å². The first-order chi connectivity index (χ1) is 6.83. The molecule has 0 aromatic carbocycles. The van der Waals surface area contributed by atoms with Crippen LogP contribution in [0.15, 0.2) is 0 Å². The molecule has 1 amide bonds. The van der Waals surface area contributed by atoms with Crippen LogP contribution in [0.1, 0.15) is 12.8 Å². The summed E-state index contributed by atoms with van der Waals surface area (Å²) in [6.45, 7) is 0.915. The Morgan fingerprint density at radius 3 is 3.14 bits per heavy atom. The first-order valence-corrected chi connectivity index (χ1v) is 6.21. The molecule has 14 heavy (non-hydrogen) atoms. The Labute approximate surface area is 88.0 Å². The number of aliphatic hydroxyl groups excluding tert-OH is 1. The number of likely N-dealkylation sites (tertiary alicyclic amines) is 1. The minimum absolute atomic E-state index is 0.0212. The van der Waals surface area contributed by atoms with Crippen LogP contribution in [-0.2, 0) is 4.79 Å². The summed E-state index contributed by atoms with van der Waals surface area (Å²) in [5.41, 5.74) is 0. The zero-order chi connectivity index (χ0) is 9.97. The van der Waals surface area contributed by atoms with Gasteiger partial charge in [0.25, 0.3) is 0 Å². The van der Waals surface area contributed by atoms with Crippen molar-refractivity contribution in [2.24, 2.45) is 0 Å². The largest absolute Gasteiger partial charge is 0.394 e. The number of amides is 1. The molecule has 4 nitrogen and oxygen atoms in total. The van der Waals surface area contributed by atoms with Gasteiger partial charge >= 0.3 is 0 Å². The number of rotatable bonds is 2. The van der Waals surface area contributed by atoms with Gasteiger partial charge in [-0.25, -0.2) is 0 Å². The number of nitrogens with zero attached hydrogens (tertiary/aromatic N) is 1. The van der Waals surface area contributed by atoms with E-state index in [2.05, 4.69) is 5.32 Å². The topological polar surface area (TPSA) is 52.6 Å². The van der Waals surface area contributed by atoms with E-state index in [0.29, 0.717) is 0 Å². The highest BCUT2D eigenvalue weighted by atomic mass is 32.2. The number of carbonyl (C=O) groups excluding carboxylic acids is 1. The summed E-state index contributed by atoms with van der Waals surface area (Å²) in [4.78, 5) is 13.8. The number of nitrogens with one attached hydrogen (secondary N) is 1. The highest BCUT2D eigenvalue weighted by Gasteiger charge is 2.33. The maximum absolute atomic E-state index is 12.0. The molecule has 0 aromatic heterocycles. The first kappa shape index (κ1) is 10.3. The number of aliphatic hydroxyl groups is 1. The zero-order valence-corrected chi connectivity index (χ0v) is 8.92. The highest BCUT2D eigenvalue weighted by molar-refractivity contribution is 7.99. The molecule has 1 unspecified atom stereocenters. The fraction of sp³-hybridized carbons (Fsp3) is 0.889. The van der Waals surface area contributed by atoms with Crippen LogP contribution in [0, 0.1) is 0 Å². The van der Waals surface area contributed by atoms with Gasteiger partial charge < -0.3 is 10.0 Å². The van der Waals surface area contributed by atoms with Crippen LogP contribution < -0.4 is 5.32 Å². The van der Waals surface area contributed by atoms with Gasteiger partial charge in [-0.15, -0.1) is 11.8 Å². The lowest BCUT2D eigenvalue weighted by Gasteiger charge is -2.25. The maximum atomic E-state index is 12.0. The zero-order valence-electron chi connectivity index (χ0n) is 8.11. The third-order valence-corrected chi connectivity index (χ3v) is 3.83. The Hall–Kier alpha value is -0.260. The van der Waals surface area contributed by atoms with Gasteiger partial charge in [0, 0.05) is 18.2 Å². The van der Waals surface area contributed by atoms with Crippen molar-refractivity contribution < 1.29 is 9.90 Å². The lowest BCUT2D eigenvalue weighted by atomic mass is 10.2.